The smallest absolute Gasteiger partial charge is 0.257 e. The predicted octanol–water partition coefficient (Wildman–Crippen LogP) is 2.23. The third-order valence-electron chi connectivity index (χ3n) is 5.13. The van der Waals surface area contributed by atoms with Gasteiger partial charge in [-0.2, -0.15) is 0 Å². The summed E-state index contributed by atoms with van der Waals surface area (Å²) in [6, 6.07) is 3.71. The molecule has 28 heavy (non-hydrogen) atoms. The molecule has 8 heteroatoms. The van der Waals surface area contributed by atoms with E-state index in [1.807, 2.05) is 12.1 Å². The molecule has 2 aliphatic heterocycles. The molecule has 0 aromatic carbocycles. The number of carbonyl (C=O) groups is 1. The molecule has 5 heterocycles. The number of pyridine rings is 1. The standard InChI is InChI=1S/C20H19N5O3/c26-20(15-9-22-18(23-10-15)13-2-1-5-21-8-13)25-6-3-17-16(11-25)24-19(28-17)14-4-7-27-12-14/h1-2,5,8-10,14H,3-4,6-7,11-12H2. The quantitative estimate of drug-likeness (QED) is 0.691. The van der Waals surface area contributed by atoms with Crippen LogP contribution in [0.1, 0.15) is 40.0 Å². The lowest BCUT2D eigenvalue weighted by Gasteiger charge is -2.25. The molecule has 3 aromatic heterocycles. The van der Waals surface area contributed by atoms with E-state index in [0.717, 1.165) is 35.9 Å². The van der Waals surface area contributed by atoms with Crippen molar-refractivity contribution in [1.29, 1.82) is 0 Å². The molecule has 1 atom stereocenters. The molecule has 0 N–H and O–H groups in total. The second kappa shape index (κ2) is 7.12. The summed E-state index contributed by atoms with van der Waals surface area (Å²) in [7, 11) is 0. The van der Waals surface area contributed by atoms with Gasteiger partial charge in [0.25, 0.3) is 5.91 Å². The number of nitrogens with zero attached hydrogens (tertiary/aromatic N) is 5. The van der Waals surface area contributed by atoms with Crippen LogP contribution in [-0.4, -0.2) is 50.5 Å². The largest absolute Gasteiger partial charge is 0.445 e. The Morgan fingerprint density at radius 3 is 2.86 bits per heavy atom. The van der Waals surface area contributed by atoms with Crippen molar-refractivity contribution in [3.8, 4) is 11.4 Å². The fraction of sp³-hybridized carbons (Fsp3) is 0.350. The number of oxazole rings is 1. The van der Waals surface area contributed by atoms with Crippen molar-refractivity contribution in [3.05, 3.63) is 59.8 Å². The molecule has 142 valence electrons. The van der Waals surface area contributed by atoms with Gasteiger partial charge in [-0.1, -0.05) is 0 Å². The Balaban J connectivity index is 1.31. The van der Waals surface area contributed by atoms with Gasteiger partial charge in [0.05, 0.1) is 24.6 Å². The SMILES string of the molecule is O=C(c1cnc(-c2cccnc2)nc1)N1CCc2oc(C3CCOC3)nc2C1. The van der Waals surface area contributed by atoms with E-state index in [-0.39, 0.29) is 11.8 Å². The topological polar surface area (TPSA) is 94.2 Å². The lowest BCUT2D eigenvalue weighted by molar-refractivity contribution is 0.0727. The highest BCUT2D eigenvalue weighted by molar-refractivity contribution is 5.93. The number of amides is 1. The first-order chi connectivity index (χ1) is 13.8. The Kier molecular flexibility index (Phi) is 4.32. The minimum atomic E-state index is -0.0999. The van der Waals surface area contributed by atoms with Crippen LogP contribution < -0.4 is 0 Å². The third-order valence-corrected chi connectivity index (χ3v) is 5.13. The number of rotatable bonds is 3. The fourth-order valence-electron chi connectivity index (χ4n) is 3.56. The van der Waals surface area contributed by atoms with Crippen LogP contribution in [0.15, 0.2) is 41.3 Å². The van der Waals surface area contributed by atoms with Gasteiger partial charge in [-0.25, -0.2) is 15.0 Å². The van der Waals surface area contributed by atoms with Crippen molar-refractivity contribution in [3.63, 3.8) is 0 Å². The molecule has 1 unspecified atom stereocenters. The van der Waals surface area contributed by atoms with E-state index in [2.05, 4.69) is 19.9 Å². The molecule has 0 radical (unpaired) electrons. The van der Waals surface area contributed by atoms with Gasteiger partial charge in [0.2, 0.25) is 0 Å². The molecule has 0 bridgehead atoms. The monoisotopic (exact) mass is 377 g/mol. The lowest BCUT2D eigenvalue weighted by Crippen LogP contribution is -2.36. The first-order valence-corrected chi connectivity index (χ1v) is 9.36. The van der Waals surface area contributed by atoms with E-state index < -0.39 is 0 Å². The average molecular weight is 377 g/mol. The zero-order valence-electron chi connectivity index (χ0n) is 15.2. The maximum atomic E-state index is 12.9. The van der Waals surface area contributed by atoms with Gasteiger partial charge in [0.15, 0.2) is 11.7 Å². The molecule has 1 amide bonds. The Bertz CT molecular complexity index is 981. The van der Waals surface area contributed by atoms with Gasteiger partial charge >= 0.3 is 0 Å². The second-order valence-electron chi connectivity index (χ2n) is 7.00. The van der Waals surface area contributed by atoms with Crippen LogP contribution in [0.2, 0.25) is 0 Å². The molecule has 3 aromatic rings. The first-order valence-electron chi connectivity index (χ1n) is 9.36. The minimum Gasteiger partial charge on any atom is -0.445 e. The van der Waals surface area contributed by atoms with Gasteiger partial charge in [-0.05, 0) is 18.6 Å². The Morgan fingerprint density at radius 1 is 1.21 bits per heavy atom. The molecular weight excluding hydrogens is 358 g/mol. The number of aromatic nitrogens is 4. The fourth-order valence-corrected chi connectivity index (χ4v) is 3.56. The third kappa shape index (κ3) is 3.16. The molecule has 2 aliphatic rings. The van der Waals surface area contributed by atoms with Crippen molar-refractivity contribution >= 4 is 5.91 Å². The van der Waals surface area contributed by atoms with Crippen molar-refractivity contribution in [2.75, 3.05) is 19.8 Å². The van der Waals surface area contributed by atoms with E-state index >= 15 is 0 Å². The summed E-state index contributed by atoms with van der Waals surface area (Å²) in [4.78, 5) is 32.0. The van der Waals surface area contributed by atoms with Crippen LogP contribution in [0.4, 0.5) is 0 Å². The Hall–Kier alpha value is -3.13. The van der Waals surface area contributed by atoms with E-state index in [4.69, 9.17) is 9.15 Å². The van der Waals surface area contributed by atoms with Crippen LogP contribution >= 0.6 is 0 Å². The van der Waals surface area contributed by atoms with Crippen LogP contribution in [0.25, 0.3) is 11.4 Å². The number of carbonyl (C=O) groups excluding carboxylic acids is 1. The molecular formula is C20H19N5O3. The van der Waals surface area contributed by atoms with Crippen LogP contribution in [0.5, 0.6) is 0 Å². The van der Waals surface area contributed by atoms with E-state index in [0.29, 0.717) is 37.5 Å². The average Bonchev–Trinajstić information content (AvgIpc) is 3.43. The van der Waals surface area contributed by atoms with Gasteiger partial charge < -0.3 is 14.1 Å². The zero-order chi connectivity index (χ0) is 18.9. The summed E-state index contributed by atoms with van der Waals surface area (Å²) in [5.41, 5.74) is 2.12. The van der Waals surface area contributed by atoms with E-state index in [9.17, 15) is 4.79 Å². The summed E-state index contributed by atoms with van der Waals surface area (Å²) in [5, 5.41) is 0. The Labute approximate surface area is 161 Å². The number of fused-ring (bicyclic) bond motifs is 1. The molecule has 8 nitrogen and oxygen atoms in total. The Morgan fingerprint density at radius 2 is 2.11 bits per heavy atom. The summed E-state index contributed by atoms with van der Waals surface area (Å²) >= 11 is 0. The van der Waals surface area contributed by atoms with Gasteiger partial charge in [-0.15, -0.1) is 0 Å². The summed E-state index contributed by atoms with van der Waals surface area (Å²) < 4.78 is 11.3. The maximum absolute atomic E-state index is 12.9. The molecule has 1 saturated heterocycles. The van der Waals surface area contributed by atoms with Crippen molar-refractivity contribution in [2.24, 2.45) is 0 Å². The highest BCUT2D eigenvalue weighted by Gasteiger charge is 2.30. The maximum Gasteiger partial charge on any atom is 0.257 e. The minimum absolute atomic E-state index is 0.0999. The summed E-state index contributed by atoms with van der Waals surface area (Å²) in [6.07, 6.45) is 8.12. The number of ether oxygens (including phenoxy) is 1. The first kappa shape index (κ1) is 17.0. The normalized spacial score (nSPS) is 18.9. The van der Waals surface area contributed by atoms with Gasteiger partial charge in [-0.3, -0.25) is 9.78 Å². The molecule has 5 rings (SSSR count). The number of hydrogen-bond donors (Lipinski definition) is 0. The zero-order valence-corrected chi connectivity index (χ0v) is 15.2. The number of hydrogen-bond acceptors (Lipinski definition) is 7. The van der Waals surface area contributed by atoms with E-state index in [1.165, 1.54) is 0 Å². The molecule has 0 saturated carbocycles. The molecule has 0 spiro atoms. The van der Waals surface area contributed by atoms with Crippen LogP contribution in [-0.2, 0) is 17.7 Å². The van der Waals surface area contributed by atoms with Crippen molar-refractivity contribution in [1.82, 2.24) is 24.8 Å². The summed E-state index contributed by atoms with van der Waals surface area (Å²) in [5.74, 6) is 2.29. The summed E-state index contributed by atoms with van der Waals surface area (Å²) in [6.45, 7) is 2.43. The highest BCUT2D eigenvalue weighted by atomic mass is 16.5. The van der Waals surface area contributed by atoms with Crippen LogP contribution in [0, 0.1) is 0 Å². The molecule has 1 fully saturated rings. The van der Waals surface area contributed by atoms with Crippen molar-refractivity contribution < 1.29 is 13.9 Å². The predicted molar refractivity (Wildman–Crippen MR) is 98.4 cm³/mol. The lowest BCUT2D eigenvalue weighted by atomic mass is 10.1. The van der Waals surface area contributed by atoms with Crippen molar-refractivity contribution in [2.45, 2.75) is 25.3 Å². The van der Waals surface area contributed by atoms with Crippen LogP contribution in [0.3, 0.4) is 0 Å². The molecule has 0 aliphatic carbocycles. The van der Waals surface area contributed by atoms with E-state index in [1.54, 1.807) is 29.7 Å². The van der Waals surface area contributed by atoms with Gasteiger partial charge in [0, 0.05) is 49.9 Å². The highest BCUT2D eigenvalue weighted by Crippen LogP contribution is 2.29. The van der Waals surface area contributed by atoms with Gasteiger partial charge in [0.1, 0.15) is 11.5 Å². The second-order valence-corrected chi connectivity index (χ2v) is 7.00.